The molecule has 0 radical (unpaired) electrons. The Kier molecular flexibility index (Phi) is 2.80. The van der Waals surface area contributed by atoms with Crippen molar-refractivity contribution in [2.75, 3.05) is 5.32 Å². The fourth-order valence-corrected chi connectivity index (χ4v) is 1.87. The van der Waals surface area contributed by atoms with Gasteiger partial charge < -0.3 is 5.32 Å². The molecule has 1 saturated carbocycles. The number of nitrogens with zero attached hydrogens (tertiary/aromatic N) is 2. The second-order valence-electron chi connectivity index (χ2n) is 4.41. The van der Waals surface area contributed by atoms with Gasteiger partial charge in [0.15, 0.2) is 0 Å². The zero-order valence-corrected chi connectivity index (χ0v) is 10.4. The number of hydrogen-bond donors (Lipinski definition) is 1. The number of aromatic nitrogens is 2. The molecule has 0 atom stereocenters. The van der Waals surface area contributed by atoms with E-state index >= 15 is 0 Å². The Morgan fingerprint density at radius 2 is 2.06 bits per heavy atom. The standard InChI is InChI=1S/C13H12ClN3O/c14-10-7-15-17(8-10)12-5-3-11(4-6-12)16-13(18)9-1-2-9/h3-9H,1-2H2,(H,16,18). The van der Waals surface area contributed by atoms with Gasteiger partial charge in [0.2, 0.25) is 5.91 Å². The van der Waals surface area contributed by atoms with E-state index < -0.39 is 0 Å². The van der Waals surface area contributed by atoms with Crippen LogP contribution in [0.15, 0.2) is 36.7 Å². The van der Waals surface area contributed by atoms with Gasteiger partial charge in [-0.05, 0) is 37.1 Å². The number of nitrogens with one attached hydrogen (secondary N) is 1. The summed E-state index contributed by atoms with van der Waals surface area (Å²) in [7, 11) is 0. The quantitative estimate of drug-likeness (QED) is 0.924. The molecule has 4 nitrogen and oxygen atoms in total. The van der Waals surface area contributed by atoms with Crippen LogP contribution in [0, 0.1) is 5.92 Å². The zero-order valence-electron chi connectivity index (χ0n) is 9.64. The summed E-state index contributed by atoms with van der Waals surface area (Å²) in [5.41, 5.74) is 1.72. The highest BCUT2D eigenvalue weighted by atomic mass is 35.5. The molecule has 18 heavy (non-hydrogen) atoms. The van der Waals surface area contributed by atoms with E-state index in [0.29, 0.717) is 5.02 Å². The topological polar surface area (TPSA) is 46.9 Å². The summed E-state index contributed by atoms with van der Waals surface area (Å²) in [4.78, 5) is 11.6. The molecule has 0 bridgehead atoms. The van der Waals surface area contributed by atoms with Gasteiger partial charge in [0, 0.05) is 17.8 Å². The van der Waals surface area contributed by atoms with Gasteiger partial charge in [-0.25, -0.2) is 4.68 Å². The molecule has 5 heteroatoms. The Balaban J connectivity index is 1.74. The number of halogens is 1. The molecule has 1 aromatic heterocycles. The van der Waals surface area contributed by atoms with Crippen LogP contribution < -0.4 is 5.32 Å². The molecule has 2 aromatic rings. The third-order valence-corrected chi connectivity index (χ3v) is 3.09. The van der Waals surface area contributed by atoms with Crippen LogP contribution in [0.2, 0.25) is 5.02 Å². The maximum Gasteiger partial charge on any atom is 0.227 e. The average Bonchev–Trinajstić information content (AvgIpc) is 3.13. The number of carbonyl (C=O) groups excluding carboxylic acids is 1. The molecular formula is C13H12ClN3O. The van der Waals surface area contributed by atoms with Crippen molar-refractivity contribution in [3.05, 3.63) is 41.7 Å². The molecule has 1 aliphatic rings. The molecular weight excluding hydrogens is 250 g/mol. The van der Waals surface area contributed by atoms with Crippen LogP contribution in [-0.4, -0.2) is 15.7 Å². The predicted molar refractivity (Wildman–Crippen MR) is 69.9 cm³/mol. The van der Waals surface area contributed by atoms with E-state index in [1.54, 1.807) is 17.1 Å². The molecule has 1 heterocycles. The Labute approximate surface area is 110 Å². The van der Waals surface area contributed by atoms with Crippen LogP contribution in [0.5, 0.6) is 0 Å². The lowest BCUT2D eigenvalue weighted by Crippen LogP contribution is -2.13. The first-order chi connectivity index (χ1) is 8.72. The highest BCUT2D eigenvalue weighted by molar-refractivity contribution is 6.30. The first kappa shape index (κ1) is 11.3. The van der Waals surface area contributed by atoms with Crippen molar-refractivity contribution < 1.29 is 4.79 Å². The van der Waals surface area contributed by atoms with Crippen molar-refractivity contribution in [2.45, 2.75) is 12.8 Å². The smallest absolute Gasteiger partial charge is 0.227 e. The Morgan fingerprint density at radius 3 is 2.61 bits per heavy atom. The fourth-order valence-electron chi connectivity index (χ4n) is 1.73. The summed E-state index contributed by atoms with van der Waals surface area (Å²) in [6.45, 7) is 0. The van der Waals surface area contributed by atoms with Gasteiger partial charge in [-0.2, -0.15) is 5.10 Å². The van der Waals surface area contributed by atoms with Crippen LogP contribution in [0.1, 0.15) is 12.8 Å². The highest BCUT2D eigenvalue weighted by Gasteiger charge is 2.29. The minimum Gasteiger partial charge on any atom is -0.326 e. The second kappa shape index (κ2) is 4.46. The maximum absolute atomic E-state index is 11.6. The largest absolute Gasteiger partial charge is 0.326 e. The minimum absolute atomic E-state index is 0.116. The minimum atomic E-state index is 0.116. The molecule has 0 saturated heterocycles. The molecule has 3 rings (SSSR count). The molecule has 1 fully saturated rings. The van der Waals surface area contributed by atoms with E-state index in [-0.39, 0.29) is 11.8 Å². The summed E-state index contributed by atoms with van der Waals surface area (Å²) < 4.78 is 1.69. The van der Waals surface area contributed by atoms with Crippen LogP contribution in [0.3, 0.4) is 0 Å². The first-order valence-corrected chi connectivity index (χ1v) is 6.21. The van der Waals surface area contributed by atoms with Crippen LogP contribution >= 0.6 is 11.6 Å². The first-order valence-electron chi connectivity index (χ1n) is 5.84. The van der Waals surface area contributed by atoms with Crippen molar-refractivity contribution in [3.8, 4) is 5.69 Å². The molecule has 1 N–H and O–H groups in total. The molecule has 1 amide bonds. The van der Waals surface area contributed by atoms with Gasteiger partial charge in [0.25, 0.3) is 0 Å². The number of carbonyl (C=O) groups is 1. The molecule has 0 aliphatic heterocycles. The second-order valence-corrected chi connectivity index (χ2v) is 4.85. The van der Waals surface area contributed by atoms with Crippen LogP contribution in [0.25, 0.3) is 5.69 Å². The molecule has 0 unspecified atom stereocenters. The Morgan fingerprint density at radius 1 is 1.33 bits per heavy atom. The lowest BCUT2D eigenvalue weighted by Gasteiger charge is -2.05. The third kappa shape index (κ3) is 2.38. The summed E-state index contributed by atoms with van der Waals surface area (Å²) in [5.74, 6) is 0.333. The van der Waals surface area contributed by atoms with Gasteiger partial charge >= 0.3 is 0 Å². The van der Waals surface area contributed by atoms with E-state index in [1.807, 2.05) is 24.3 Å². The summed E-state index contributed by atoms with van der Waals surface area (Å²) in [5, 5.41) is 7.60. The monoisotopic (exact) mass is 261 g/mol. The normalized spacial score (nSPS) is 14.5. The van der Waals surface area contributed by atoms with E-state index in [9.17, 15) is 4.79 Å². The zero-order chi connectivity index (χ0) is 12.5. The predicted octanol–water partition coefficient (Wildman–Crippen LogP) is 2.87. The van der Waals surface area contributed by atoms with Crippen LogP contribution in [0.4, 0.5) is 5.69 Å². The van der Waals surface area contributed by atoms with Gasteiger partial charge in [-0.1, -0.05) is 11.6 Å². The molecule has 92 valence electrons. The molecule has 1 aliphatic carbocycles. The van der Waals surface area contributed by atoms with Crippen molar-refractivity contribution >= 4 is 23.2 Å². The van der Waals surface area contributed by atoms with Crippen LogP contribution in [-0.2, 0) is 4.79 Å². The molecule has 1 aromatic carbocycles. The summed E-state index contributed by atoms with van der Waals surface area (Å²) in [6, 6.07) is 7.52. The summed E-state index contributed by atoms with van der Waals surface area (Å²) >= 11 is 5.81. The number of benzene rings is 1. The van der Waals surface area contributed by atoms with Gasteiger partial charge in [0.1, 0.15) is 0 Å². The third-order valence-electron chi connectivity index (χ3n) is 2.90. The lowest BCUT2D eigenvalue weighted by atomic mass is 10.2. The van der Waals surface area contributed by atoms with Crippen molar-refractivity contribution in [2.24, 2.45) is 5.92 Å². The fraction of sp³-hybridized carbons (Fsp3) is 0.231. The van der Waals surface area contributed by atoms with Crippen molar-refractivity contribution in [1.82, 2.24) is 9.78 Å². The van der Waals surface area contributed by atoms with E-state index in [1.165, 1.54) is 0 Å². The Bertz CT molecular complexity index is 572. The van der Waals surface area contributed by atoms with Gasteiger partial charge in [0.05, 0.1) is 16.9 Å². The highest BCUT2D eigenvalue weighted by Crippen LogP contribution is 2.30. The SMILES string of the molecule is O=C(Nc1ccc(-n2cc(Cl)cn2)cc1)C1CC1. The van der Waals surface area contributed by atoms with Crippen molar-refractivity contribution in [3.63, 3.8) is 0 Å². The van der Waals surface area contributed by atoms with E-state index in [2.05, 4.69) is 10.4 Å². The number of hydrogen-bond acceptors (Lipinski definition) is 2. The van der Waals surface area contributed by atoms with E-state index in [4.69, 9.17) is 11.6 Å². The van der Waals surface area contributed by atoms with E-state index in [0.717, 1.165) is 24.2 Å². The summed E-state index contributed by atoms with van der Waals surface area (Å²) in [6.07, 6.45) is 5.34. The number of rotatable bonds is 3. The molecule has 0 spiro atoms. The lowest BCUT2D eigenvalue weighted by molar-refractivity contribution is -0.117. The number of anilines is 1. The maximum atomic E-state index is 11.6. The number of amides is 1. The average molecular weight is 262 g/mol. The van der Waals surface area contributed by atoms with Gasteiger partial charge in [-0.15, -0.1) is 0 Å². The Hall–Kier alpha value is -1.81. The van der Waals surface area contributed by atoms with Gasteiger partial charge in [-0.3, -0.25) is 4.79 Å². The van der Waals surface area contributed by atoms with Crippen molar-refractivity contribution in [1.29, 1.82) is 0 Å².